The molecule has 1 atom stereocenters. The van der Waals surface area contributed by atoms with Gasteiger partial charge in [0.25, 0.3) is 0 Å². The Morgan fingerprint density at radius 3 is 2.81 bits per heavy atom. The molecule has 6 heteroatoms. The van der Waals surface area contributed by atoms with E-state index in [-0.39, 0.29) is 24.7 Å². The van der Waals surface area contributed by atoms with Crippen molar-refractivity contribution in [2.24, 2.45) is 4.99 Å². The van der Waals surface area contributed by atoms with Crippen molar-refractivity contribution in [2.75, 3.05) is 13.7 Å². The van der Waals surface area contributed by atoms with Gasteiger partial charge in [-0.15, -0.1) is 0 Å². The first-order valence-corrected chi connectivity index (χ1v) is 10.3. The van der Waals surface area contributed by atoms with Crippen LogP contribution in [0.5, 0.6) is 5.75 Å². The number of rotatable bonds is 7. The second-order valence-electron chi connectivity index (χ2n) is 7.51. The lowest BCUT2D eigenvalue weighted by Crippen LogP contribution is -2.32. The van der Waals surface area contributed by atoms with Crippen LogP contribution in [0.3, 0.4) is 0 Å². The Morgan fingerprint density at radius 1 is 1.32 bits per heavy atom. The fourth-order valence-electron chi connectivity index (χ4n) is 4.01. The number of dihydropyridines is 1. The Kier molecular flexibility index (Phi) is 7.23. The second kappa shape index (κ2) is 10.1. The molecule has 1 aliphatic heterocycles. The Bertz CT molecular complexity index is 1010. The molecule has 2 aliphatic rings. The van der Waals surface area contributed by atoms with E-state index < -0.39 is 5.97 Å². The van der Waals surface area contributed by atoms with Crippen molar-refractivity contribution in [2.45, 2.75) is 39.0 Å². The van der Waals surface area contributed by atoms with Crippen LogP contribution in [0.4, 0.5) is 0 Å². The smallest absolute Gasteiger partial charge is 0.336 e. The normalized spacial score (nSPS) is 19.3. The minimum absolute atomic E-state index is 0.0368. The molecule has 0 saturated heterocycles. The predicted octanol–water partition coefficient (Wildman–Crippen LogP) is 4.37. The number of benzene rings is 1. The number of aliphatic imine (C=N–C) groups is 1. The van der Waals surface area contributed by atoms with Gasteiger partial charge in [-0.1, -0.05) is 30.9 Å². The lowest BCUT2D eigenvalue weighted by atomic mass is 9.78. The lowest BCUT2D eigenvalue weighted by molar-refractivity contribution is -0.137. The largest absolute Gasteiger partial charge is 0.496 e. The van der Waals surface area contributed by atoms with Crippen molar-refractivity contribution < 1.29 is 19.1 Å². The van der Waals surface area contributed by atoms with Gasteiger partial charge >= 0.3 is 5.97 Å². The summed E-state index contributed by atoms with van der Waals surface area (Å²) in [5.41, 5.74) is 4.35. The second-order valence-corrected chi connectivity index (χ2v) is 7.51. The molecule has 1 aromatic carbocycles. The molecule has 0 spiro atoms. The molecule has 1 aliphatic carbocycles. The van der Waals surface area contributed by atoms with Crippen molar-refractivity contribution in [3.05, 3.63) is 77.3 Å². The van der Waals surface area contributed by atoms with Crippen LogP contribution < -0.4 is 10.1 Å². The highest BCUT2D eigenvalue weighted by atomic mass is 16.5. The zero-order valence-electron chi connectivity index (χ0n) is 18.2. The fraction of sp³-hybridized carbons (Fsp3) is 0.320. The first-order chi connectivity index (χ1) is 15.0. The molecular formula is C25H28N2O4. The van der Waals surface area contributed by atoms with Crippen molar-refractivity contribution in [1.29, 1.82) is 0 Å². The van der Waals surface area contributed by atoms with Gasteiger partial charge in [-0.05, 0) is 38.0 Å². The molecule has 0 unspecified atom stereocenters. The van der Waals surface area contributed by atoms with Gasteiger partial charge in [-0.2, -0.15) is 0 Å². The highest BCUT2D eigenvalue weighted by Crippen LogP contribution is 2.41. The van der Waals surface area contributed by atoms with E-state index in [2.05, 4.69) is 16.9 Å². The van der Waals surface area contributed by atoms with Crippen LogP contribution in [0.25, 0.3) is 0 Å². The van der Waals surface area contributed by atoms with Crippen LogP contribution in [0.2, 0.25) is 0 Å². The monoisotopic (exact) mass is 420 g/mol. The average molecular weight is 421 g/mol. The number of Topliss-reactive ketones (excluding diaryl/α,β-unsaturated/α-hetero) is 1. The number of methoxy groups -OCH3 is 1. The van der Waals surface area contributed by atoms with E-state index in [1.54, 1.807) is 13.2 Å². The van der Waals surface area contributed by atoms with E-state index in [4.69, 9.17) is 9.47 Å². The third-order valence-electron chi connectivity index (χ3n) is 5.52. The Hall–Kier alpha value is -3.41. The molecule has 31 heavy (non-hydrogen) atoms. The molecule has 1 N–H and O–H groups in total. The summed E-state index contributed by atoms with van der Waals surface area (Å²) >= 11 is 0. The molecule has 0 amide bonds. The molecule has 0 aromatic heterocycles. The number of nitrogens with zero attached hydrogens (tertiary/aromatic N) is 1. The highest BCUT2D eigenvalue weighted by molar-refractivity contribution is 6.02. The third kappa shape index (κ3) is 5.02. The summed E-state index contributed by atoms with van der Waals surface area (Å²) in [5.74, 6) is 0.423. The number of para-hydroxylation sites is 1. The summed E-state index contributed by atoms with van der Waals surface area (Å²) in [7, 11) is 1.64. The summed E-state index contributed by atoms with van der Waals surface area (Å²) in [6.07, 6.45) is 6.35. The molecule has 6 nitrogen and oxygen atoms in total. The van der Waals surface area contributed by atoms with Gasteiger partial charge in [-0.3, -0.25) is 9.79 Å². The van der Waals surface area contributed by atoms with E-state index in [1.807, 2.05) is 44.2 Å². The summed E-state index contributed by atoms with van der Waals surface area (Å²) in [5, 5.41) is 3.29. The van der Waals surface area contributed by atoms with Gasteiger partial charge < -0.3 is 14.8 Å². The third-order valence-corrected chi connectivity index (χ3v) is 5.52. The quantitative estimate of drug-likeness (QED) is 0.524. The van der Waals surface area contributed by atoms with E-state index in [0.717, 1.165) is 17.0 Å². The number of ether oxygens (including phenoxy) is 2. The number of hydrogen-bond donors (Lipinski definition) is 1. The van der Waals surface area contributed by atoms with Gasteiger partial charge in [0.15, 0.2) is 5.78 Å². The number of esters is 1. The van der Waals surface area contributed by atoms with Crippen LogP contribution >= 0.6 is 0 Å². The zero-order valence-corrected chi connectivity index (χ0v) is 18.2. The molecule has 1 heterocycles. The Labute approximate surface area is 183 Å². The van der Waals surface area contributed by atoms with E-state index >= 15 is 0 Å². The number of nitrogens with one attached hydrogen (secondary N) is 1. The fourth-order valence-corrected chi connectivity index (χ4v) is 4.01. The van der Waals surface area contributed by atoms with Crippen molar-refractivity contribution in [1.82, 2.24) is 5.32 Å². The van der Waals surface area contributed by atoms with E-state index in [0.29, 0.717) is 35.4 Å². The lowest BCUT2D eigenvalue weighted by Gasteiger charge is -2.32. The predicted molar refractivity (Wildman–Crippen MR) is 121 cm³/mol. The molecule has 0 fully saturated rings. The Balaban J connectivity index is 1.74. The van der Waals surface area contributed by atoms with Crippen LogP contribution in [0.15, 0.2) is 76.7 Å². The Morgan fingerprint density at radius 2 is 2.10 bits per heavy atom. The van der Waals surface area contributed by atoms with E-state index in [1.165, 1.54) is 6.20 Å². The number of carbonyl (C=O) groups excluding carboxylic acids is 2. The number of carbonyl (C=O) groups is 2. The van der Waals surface area contributed by atoms with Gasteiger partial charge in [-0.25, -0.2) is 4.79 Å². The van der Waals surface area contributed by atoms with Gasteiger partial charge in [0.05, 0.1) is 18.4 Å². The summed E-state index contributed by atoms with van der Waals surface area (Å²) in [4.78, 5) is 29.8. The van der Waals surface area contributed by atoms with Crippen LogP contribution in [0.1, 0.15) is 44.6 Å². The molecule has 3 rings (SSSR count). The van der Waals surface area contributed by atoms with Gasteiger partial charge in [0.1, 0.15) is 12.4 Å². The summed E-state index contributed by atoms with van der Waals surface area (Å²) < 4.78 is 10.9. The van der Waals surface area contributed by atoms with Crippen LogP contribution in [-0.2, 0) is 14.3 Å². The minimum Gasteiger partial charge on any atom is -0.496 e. The standard InChI is InChI=1S/C25H28N2O4/c1-5-9-18(26-6-2)15-31-25(29)20-14-21-22(27-16(20)3)12-17(13-23(21)28)19-10-7-8-11-24(19)30-4/h5-11,17,27H,2,12-15H2,1,3-4H3/b9-5-,26-18?/t17-/m1/s1. The van der Waals surface area contributed by atoms with Gasteiger partial charge in [0.2, 0.25) is 0 Å². The number of ketones is 1. The first-order valence-electron chi connectivity index (χ1n) is 10.3. The van der Waals surface area contributed by atoms with Gasteiger partial charge in [0, 0.05) is 41.9 Å². The summed E-state index contributed by atoms with van der Waals surface area (Å²) in [6, 6.07) is 7.79. The molecule has 162 valence electrons. The average Bonchev–Trinajstić information content (AvgIpc) is 2.77. The molecule has 0 saturated carbocycles. The van der Waals surface area contributed by atoms with Crippen LogP contribution in [-0.4, -0.2) is 31.2 Å². The minimum atomic E-state index is -0.447. The van der Waals surface area contributed by atoms with Crippen molar-refractivity contribution >= 4 is 17.5 Å². The maximum atomic E-state index is 13.0. The number of allylic oxidation sites excluding steroid dienone is 4. The molecule has 0 bridgehead atoms. The summed E-state index contributed by atoms with van der Waals surface area (Å²) in [6.45, 7) is 7.31. The molecular weight excluding hydrogens is 392 g/mol. The zero-order chi connectivity index (χ0) is 22.4. The van der Waals surface area contributed by atoms with Crippen molar-refractivity contribution in [3.8, 4) is 5.75 Å². The SMILES string of the molecule is C=CN=C(/C=C\C)COC(=O)C1=C(C)NC2=C(C1)C(=O)C[C@H](c1ccccc1OC)C2. The maximum Gasteiger partial charge on any atom is 0.336 e. The highest BCUT2D eigenvalue weighted by Gasteiger charge is 2.34. The molecule has 1 aromatic rings. The topological polar surface area (TPSA) is 77.0 Å². The van der Waals surface area contributed by atoms with Crippen LogP contribution in [0, 0.1) is 0 Å². The maximum absolute atomic E-state index is 13.0. The van der Waals surface area contributed by atoms with Crippen molar-refractivity contribution in [3.63, 3.8) is 0 Å². The first kappa shape index (κ1) is 22.3. The molecule has 0 radical (unpaired) electrons. The van der Waals surface area contributed by atoms with E-state index in [9.17, 15) is 9.59 Å². The number of hydrogen-bond acceptors (Lipinski definition) is 6.